The first-order valence-corrected chi connectivity index (χ1v) is 10.2. The Balaban J connectivity index is 2.20. The highest BCUT2D eigenvalue weighted by Gasteiger charge is 2.61. The van der Waals surface area contributed by atoms with Crippen LogP contribution in [0.3, 0.4) is 0 Å². The van der Waals surface area contributed by atoms with Crippen LogP contribution in [0.2, 0.25) is 0 Å². The number of carboxylic acid groups (broad SMARTS) is 1. The Hall–Kier alpha value is -2.09. The first kappa shape index (κ1) is 19.7. The van der Waals surface area contributed by atoms with Crippen molar-refractivity contribution >= 4 is 12.0 Å². The minimum absolute atomic E-state index is 0.0559. The summed E-state index contributed by atoms with van der Waals surface area (Å²) in [5.41, 5.74) is 2.40. The molecule has 0 bridgehead atoms. The van der Waals surface area contributed by atoms with Crippen molar-refractivity contribution in [2.24, 2.45) is 28.6 Å². The maximum atomic E-state index is 12.8. The van der Waals surface area contributed by atoms with Crippen LogP contribution in [0.5, 0.6) is 0 Å². The van der Waals surface area contributed by atoms with Crippen molar-refractivity contribution in [3.05, 3.63) is 65.3 Å². The van der Waals surface area contributed by atoms with Crippen molar-refractivity contribution in [1.82, 2.24) is 0 Å². The van der Waals surface area contributed by atoms with Crippen LogP contribution in [0.15, 0.2) is 59.7 Å². The summed E-state index contributed by atoms with van der Waals surface area (Å²) in [7, 11) is 0. The maximum absolute atomic E-state index is 12.8. The smallest absolute Gasteiger partial charge is 0.311 e. The second-order valence-corrected chi connectivity index (χ2v) is 8.49. The third-order valence-corrected chi connectivity index (χ3v) is 7.21. The van der Waals surface area contributed by atoms with Gasteiger partial charge in [-0.3, -0.25) is 4.79 Å². The van der Waals surface area contributed by atoms with Gasteiger partial charge in [-0.15, -0.1) is 0 Å². The van der Waals surface area contributed by atoms with Gasteiger partial charge in [-0.2, -0.15) is 0 Å². The largest absolute Gasteiger partial charge is 0.481 e. The average molecular weight is 365 g/mol. The Morgan fingerprint density at radius 1 is 1.22 bits per heavy atom. The summed E-state index contributed by atoms with van der Waals surface area (Å²) >= 11 is 0. The number of carboxylic acids is 1. The molecule has 2 aliphatic carbocycles. The molecule has 1 N–H and O–H groups in total. The molecule has 1 aromatic carbocycles. The molecule has 144 valence electrons. The molecule has 0 spiro atoms. The third kappa shape index (κ3) is 2.90. The van der Waals surface area contributed by atoms with E-state index in [-0.39, 0.29) is 5.92 Å². The molecule has 5 unspecified atom stereocenters. The van der Waals surface area contributed by atoms with E-state index in [1.165, 1.54) is 11.1 Å². The van der Waals surface area contributed by atoms with Crippen LogP contribution in [-0.2, 0) is 4.79 Å². The predicted molar refractivity (Wildman–Crippen MR) is 112 cm³/mol. The quantitative estimate of drug-likeness (QED) is 0.617. The Bertz CT molecular complexity index is 801. The summed E-state index contributed by atoms with van der Waals surface area (Å²) in [6, 6.07) is 10.2. The fourth-order valence-corrected chi connectivity index (χ4v) is 5.72. The summed E-state index contributed by atoms with van der Waals surface area (Å²) in [4.78, 5) is 12.8. The molecule has 0 heterocycles. The summed E-state index contributed by atoms with van der Waals surface area (Å²) in [6.07, 6.45) is 10.6. The fourth-order valence-electron chi connectivity index (χ4n) is 5.72. The van der Waals surface area contributed by atoms with E-state index in [9.17, 15) is 9.90 Å². The van der Waals surface area contributed by atoms with E-state index in [1.54, 1.807) is 0 Å². The highest BCUT2D eigenvalue weighted by atomic mass is 16.4. The zero-order valence-electron chi connectivity index (χ0n) is 17.2. The normalized spacial score (nSPS) is 35.7. The molecule has 0 saturated carbocycles. The average Bonchev–Trinajstić information content (AvgIpc) is 3.01. The first-order valence-electron chi connectivity index (χ1n) is 10.2. The summed E-state index contributed by atoms with van der Waals surface area (Å²) in [5, 5.41) is 10.5. The van der Waals surface area contributed by atoms with Gasteiger partial charge in [-0.25, -0.2) is 0 Å². The molecule has 1 aromatic rings. The summed E-state index contributed by atoms with van der Waals surface area (Å²) in [6.45, 7) is 10.7. The Labute approximate surface area is 163 Å². The first-order chi connectivity index (χ1) is 12.8. The molecule has 27 heavy (non-hydrogen) atoms. The lowest BCUT2D eigenvalue weighted by Gasteiger charge is -2.53. The van der Waals surface area contributed by atoms with Gasteiger partial charge >= 0.3 is 5.97 Å². The summed E-state index contributed by atoms with van der Waals surface area (Å²) < 4.78 is 0. The van der Waals surface area contributed by atoms with Crippen molar-refractivity contribution in [2.45, 2.75) is 47.5 Å². The van der Waals surface area contributed by atoms with Crippen LogP contribution in [0.25, 0.3) is 6.08 Å². The van der Waals surface area contributed by atoms with Crippen molar-refractivity contribution in [3.8, 4) is 0 Å². The molecular formula is C25H32O2. The zero-order valence-corrected chi connectivity index (χ0v) is 17.2. The van der Waals surface area contributed by atoms with Crippen molar-refractivity contribution < 1.29 is 9.90 Å². The number of carbonyl (C=O) groups is 1. The van der Waals surface area contributed by atoms with Gasteiger partial charge < -0.3 is 5.11 Å². The molecule has 0 fully saturated rings. The lowest BCUT2D eigenvalue weighted by Crippen LogP contribution is -2.54. The highest BCUT2D eigenvalue weighted by molar-refractivity contribution is 5.79. The predicted octanol–water partition coefficient (Wildman–Crippen LogP) is 6.37. The molecule has 3 rings (SSSR count). The van der Waals surface area contributed by atoms with Gasteiger partial charge in [0.25, 0.3) is 0 Å². The SMILES string of the molecule is CCC1=CC(C)C2C(C)=CC(C=Cc3ccccc3)(CC)C(C)(C(=O)O)C12. The number of hydrogen-bond donors (Lipinski definition) is 1. The topological polar surface area (TPSA) is 37.3 Å². The van der Waals surface area contributed by atoms with Gasteiger partial charge in [-0.1, -0.05) is 86.6 Å². The van der Waals surface area contributed by atoms with E-state index in [0.717, 1.165) is 18.4 Å². The number of rotatable bonds is 5. The number of fused-ring (bicyclic) bond motifs is 1. The second kappa shape index (κ2) is 7.14. The lowest BCUT2D eigenvalue weighted by molar-refractivity contribution is -0.159. The van der Waals surface area contributed by atoms with Crippen LogP contribution in [0.1, 0.15) is 53.0 Å². The molecular weight excluding hydrogens is 332 g/mol. The monoisotopic (exact) mass is 364 g/mol. The van der Waals surface area contributed by atoms with E-state index in [2.05, 4.69) is 64.1 Å². The second-order valence-electron chi connectivity index (χ2n) is 8.49. The molecule has 5 atom stereocenters. The minimum Gasteiger partial charge on any atom is -0.481 e. The Kier molecular flexibility index (Phi) is 5.20. The van der Waals surface area contributed by atoms with Gasteiger partial charge in [0.15, 0.2) is 0 Å². The van der Waals surface area contributed by atoms with Crippen LogP contribution >= 0.6 is 0 Å². The van der Waals surface area contributed by atoms with Gasteiger partial charge in [-0.05, 0) is 44.1 Å². The fraction of sp³-hybridized carbons (Fsp3) is 0.480. The van der Waals surface area contributed by atoms with E-state index in [4.69, 9.17) is 0 Å². The minimum atomic E-state index is -0.857. The Morgan fingerprint density at radius 3 is 2.44 bits per heavy atom. The number of hydrogen-bond acceptors (Lipinski definition) is 1. The van der Waals surface area contributed by atoms with Gasteiger partial charge in [0, 0.05) is 11.3 Å². The number of benzene rings is 1. The molecule has 2 aliphatic rings. The van der Waals surface area contributed by atoms with Gasteiger partial charge in [0.05, 0.1) is 5.41 Å². The van der Waals surface area contributed by atoms with E-state index < -0.39 is 16.8 Å². The standard InChI is InChI=1S/C25H32O2/c1-6-20-15-17(3)21-18(4)16-25(7-2,24(5,22(20)21)23(26)27)14-13-19-11-9-8-10-12-19/h8-17,21-22H,6-7H2,1-5H3,(H,26,27). The number of allylic oxidation sites excluding steroid dienone is 5. The molecule has 2 nitrogen and oxygen atoms in total. The Morgan fingerprint density at radius 2 is 1.89 bits per heavy atom. The maximum Gasteiger partial charge on any atom is 0.311 e. The number of aliphatic carboxylic acids is 1. The molecule has 0 radical (unpaired) electrons. The molecule has 0 aromatic heterocycles. The van der Waals surface area contributed by atoms with E-state index in [0.29, 0.717) is 11.8 Å². The summed E-state index contributed by atoms with van der Waals surface area (Å²) in [5.74, 6) is 0.0633. The van der Waals surface area contributed by atoms with Crippen LogP contribution < -0.4 is 0 Å². The lowest BCUT2D eigenvalue weighted by atomic mass is 9.48. The van der Waals surface area contributed by atoms with E-state index in [1.807, 2.05) is 25.1 Å². The highest BCUT2D eigenvalue weighted by Crippen LogP contribution is 2.63. The molecule has 0 aliphatic heterocycles. The molecule has 2 heteroatoms. The third-order valence-electron chi connectivity index (χ3n) is 7.21. The van der Waals surface area contributed by atoms with Crippen LogP contribution in [-0.4, -0.2) is 11.1 Å². The van der Waals surface area contributed by atoms with Crippen molar-refractivity contribution in [2.75, 3.05) is 0 Å². The van der Waals surface area contributed by atoms with Crippen LogP contribution in [0, 0.1) is 28.6 Å². The van der Waals surface area contributed by atoms with Crippen molar-refractivity contribution in [1.29, 1.82) is 0 Å². The van der Waals surface area contributed by atoms with Gasteiger partial charge in [0.2, 0.25) is 0 Å². The van der Waals surface area contributed by atoms with Crippen molar-refractivity contribution in [3.63, 3.8) is 0 Å². The molecule has 0 saturated heterocycles. The van der Waals surface area contributed by atoms with Gasteiger partial charge in [0.1, 0.15) is 0 Å². The van der Waals surface area contributed by atoms with Crippen LogP contribution in [0.4, 0.5) is 0 Å². The zero-order chi connectivity index (χ0) is 19.8. The molecule has 0 amide bonds. The van der Waals surface area contributed by atoms with E-state index >= 15 is 0 Å².